The molecule has 1 N–H and O–H groups in total. The van der Waals surface area contributed by atoms with Crippen molar-refractivity contribution in [3.05, 3.63) is 41.2 Å². The summed E-state index contributed by atoms with van der Waals surface area (Å²) in [5, 5.41) is 7.54. The summed E-state index contributed by atoms with van der Waals surface area (Å²) in [6, 6.07) is 5.78. The zero-order valence-corrected chi connectivity index (χ0v) is 14.6. The summed E-state index contributed by atoms with van der Waals surface area (Å²) in [6.07, 6.45) is 4.93. The molecule has 4 rings (SSSR count). The molecule has 0 saturated heterocycles. The number of rotatable bonds is 3. The third kappa shape index (κ3) is 2.97. The van der Waals surface area contributed by atoms with Crippen molar-refractivity contribution in [1.29, 1.82) is 0 Å². The van der Waals surface area contributed by atoms with Crippen LogP contribution in [0.4, 0.5) is 0 Å². The summed E-state index contributed by atoms with van der Waals surface area (Å²) >= 11 is 0. The molecule has 25 heavy (non-hydrogen) atoms. The number of carbonyl (C=O) groups is 1. The molecule has 6 heteroatoms. The summed E-state index contributed by atoms with van der Waals surface area (Å²) in [7, 11) is 1.96. The molecule has 1 aliphatic heterocycles. The van der Waals surface area contributed by atoms with Crippen LogP contribution < -0.4 is 14.8 Å². The van der Waals surface area contributed by atoms with Crippen LogP contribution in [0.5, 0.6) is 11.5 Å². The molecule has 132 valence electrons. The molecular formula is C19H23N3O3. The molecule has 2 atom stereocenters. The number of ether oxygens (including phenoxy) is 2. The van der Waals surface area contributed by atoms with Gasteiger partial charge in [0.05, 0.1) is 18.2 Å². The van der Waals surface area contributed by atoms with Gasteiger partial charge in [-0.15, -0.1) is 0 Å². The summed E-state index contributed by atoms with van der Waals surface area (Å²) in [5.74, 6) is 1.24. The first-order chi connectivity index (χ1) is 12.1. The highest BCUT2D eigenvalue weighted by Gasteiger charge is 2.27. The minimum atomic E-state index is -0.252. The molecule has 1 aliphatic carbocycles. The van der Waals surface area contributed by atoms with Crippen LogP contribution in [0, 0.1) is 0 Å². The van der Waals surface area contributed by atoms with Crippen LogP contribution in [0.3, 0.4) is 0 Å². The zero-order chi connectivity index (χ0) is 17.4. The highest BCUT2D eigenvalue weighted by molar-refractivity contribution is 5.84. The van der Waals surface area contributed by atoms with Gasteiger partial charge in [-0.2, -0.15) is 5.10 Å². The number of nitrogens with zero attached hydrogens (tertiary/aromatic N) is 2. The van der Waals surface area contributed by atoms with Crippen molar-refractivity contribution >= 4 is 5.91 Å². The number of aromatic nitrogens is 2. The highest BCUT2D eigenvalue weighted by atomic mass is 16.6. The van der Waals surface area contributed by atoms with Crippen molar-refractivity contribution in [1.82, 2.24) is 15.1 Å². The van der Waals surface area contributed by atoms with Gasteiger partial charge in [-0.1, -0.05) is 6.07 Å². The zero-order valence-electron chi connectivity index (χ0n) is 14.6. The normalized spacial score (nSPS) is 19.8. The Hall–Kier alpha value is -2.50. The van der Waals surface area contributed by atoms with Crippen LogP contribution in [-0.4, -0.2) is 28.9 Å². The lowest BCUT2D eigenvalue weighted by Gasteiger charge is -2.26. The molecule has 1 aromatic heterocycles. The topological polar surface area (TPSA) is 65.4 Å². The predicted molar refractivity (Wildman–Crippen MR) is 92.9 cm³/mol. The molecule has 0 saturated carbocycles. The van der Waals surface area contributed by atoms with Gasteiger partial charge in [0.2, 0.25) is 5.91 Å². The van der Waals surface area contributed by atoms with Gasteiger partial charge in [-0.25, -0.2) is 0 Å². The van der Waals surface area contributed by atoms with Crippen molar-refractivity contribution in [2.75, 3.05) is 13.2 Å². The van der Waals surface area contributed by atoms with Crippen molar-refractivity contribution in [2.24, 2.45) is 7.05 Å². The van der Waals surface area contributed by atoms with E-state index in [1.54, 1.807) is 0 Å². The van der Waals surface area contributed by atoms with E-state index in [0.29, 0.717) is 13.2 Å². The lowest BCUT2D eigenvalue weighted by molar-refractivity contribution is -0.123. The first kappa shape index (κ1) is 16.0. The van der Waals surface area contributed by atoms with E-state index in [2.05, 4.69) is 10.4 Å². The fraction of sp³-hybridized carbons (Fsp3) is 0.474. The Morgan fingerprint density at radius 3 is 2.96 bits per heavy atom. The Labute approximate surface area is 147 Å². The quantitative estimate of drug-likeness (QED) is 0.931. The number of fused-ring (bicyclic) bond motifs is 2. The van der Waals surface area contributed by atoms with Gasteiger partial charge >= 0.3 is 0 Å². The molecular weight excluding hydrogens is 318 g/mol. The van der Waals surface area contributed by atoms with Gasteiger partial charge in [-0.05, 0) is 43.9 Å². The highest BCUT2D eigenvalue weighted by Crippen LogP contribution is 2.34. The average molecular weight is 341 g/mol. The first-order valence-electron chi connectivity index (χ1n) is 8.84. The van der Waals surface area contributed by atoms with Crippen LogP contribution in [0.1, 0.15) is 48.5 Å². The van der Waals surface area contributed by atoms with Crippen molar-refractivity contribution in [3.8, 4) is 11.5 Å². The number of benzene rings is 1. The number of nitrogens with one attached hydrogen (secondary N) is 1. The molecule has 0 fully saturated rings. The molecule has 2 aliphatic rings. The molecule has 6 nitrogen and oxygen atoms in total. The summed E-state index contributed by atoms with van der Waals surface area (Å²) in [4.78, 5) is 12.8. The summed E-state index contributed by atoms with van der Waals surface area (Å²) in [5.41, 5.74) is 3.31. The second-order valence-electron chi connectivity index (χ2n) is 6.75. The van der Waals surface area contributed by atoms with Gasteiger partial charge in [0.25, 0.3) is 0 Å². The Bertz CT molecular complexity index is 799. The Morgan fingerprint density at radius 2 is 2.12 bits per heavy atom. The van der Waals surface area contributed by atoms with Gasteiger partial charge in [0.15, 0.2) is 11.5 Å². The van der Waals surface area contributed by atoms with E-state index in [9.17, 15) is 4.79 Å². The molecule has 0 unspecified atom stereocenters. The number of carbonyl (C=O) groups excluding carboxylic acids is 1. The summed E-state index contributed by atoms with van der Waals surface area (Å²) in [6.45, 7) is 3.04. The third-order valence-electron chi connectivity index (χ3n) is 5.15. The van der Waals surface area contributed by atoms with Crippen molar-refractivity contribution < 1.29 is 14.3 Å². The van der Waals surface area contributed by atoms with E-state index in [-0.39, 0.29) is 17.9 Å². The third-order valence-corrected chi connectivity index (χ3v) is 5.15. The molecule has 2 heterocycles. The van der Waals surface area contributed by atoms with E-state index in [0.717, 1.165) is 41.9 Å². The second kappa shape index (κ2) is 6.43. The van der Waals surface area contributed by atoms with Crippen LogP contribution in [0.15, 0.2) is 24.4 Å². The van der Waals surface area contributed by atoms with Crippen molar-refractivity contribution in [2.45, 2.75) is 38.1 Å². The predicted octanol–water partition coefficient (Wildman–Crippen LogP) is 2.49. The number of hydrogen-bond donors (Lipinski definition) is 1. The SMILES string of the molecule is C[C@@H](C(=O)N[C@H]1CCCc2c1cnn2C)c1ccc2c(c1)OCCO2. The van der Waals surface area contributed by atoms with Crippen LogP contribution >= 0.6 is 0 Å². The number of hydrogen-bond acceptors (Lipinski definition) is 4. The molecule has 1 aromatic carbocycles. The monoisotopic (exact) mass is 341 g/mol. The standard InChI is InChI=1S/C19H23N3O3/c1-12(13-6-7-17-18(10-13)25-9-8-24-17)19(23)21-15-4-3-5-16-14(15)11-20-22(16)2/h6-7,10-12,15H,3-5,8-9H2,1-2H3,(H,21,23)/t12-,15+/m1/s1. The smallest absolute Gasteiger partial charge is 0.227 e. The van der Waals surface area contributed by atoms with E-state index in [1.807, 2.05) is 43.0 Å². The first-order valence-corrected chi connectivity index (χ1v) is 8.84. The lowest BCUT2D eigenvalue weighted by Crippen LogP contribution is -2.33. The molecule has 1 amide bonds. The maximum Gasteiger partial charge on any atom is 0.227 e. The lowest BCUT2D eigenvalue weighted by atomic mass is 9.92. The van der Waals surface area contributed by atoms with Gasteiger partial charge < -0.3 is 14.8 Å². The maximum absolute atomic E-state index is 12.8. The van der Waals surface area contributed by atoms with E-state index in [1.165, 1.54) is 5.69 Å². The Morgan fingerprint density at radius 1 is 1.32 bits per heavy atom. The molecule has 0 bridgehead atoms. The second-order valence-corrected chi connectivity index (χ2v) is 6.75. The van der Waals surface area contributed by atoms with Gasteiger partial charge in [-0.3, -0.25) is 9.48 Å². The Kier molecular flexibility index (Phi) is 4.11. The van der Waals surface area contributed by atoms with Crippen LogP contribution in [0.25, 0.3) is 0 Å². The van der Waals surface area contributed by atoms with Gasteiger partial charge in [0, 0.05) is 18.3 Å². The van der Waals surface area contributed by atoms with Gasteiger partial charge in [0.1, 0.15) is 13.2 Å². The number of aryl methyl sites for hydroxylation is 1. The minimum absolute atomic E-state index is 0.0263. The fourth-order valence-corrected chi connectivity index (χ4v) is 3.63. The summed E-state index contributed by atoms with van der Waals surface area (Å²) < 4.78 is 13.1. The molecule has 0 radical (unpaired) electrons. The maximum atomic E-state index is 12.8. The van der Waals surface area contributed by atoms with Crippen LogP contribution in [0.2, 0.25) is 0 Å². The largest absolute Gasteiger partial charge is 0.486 e. The average Bonchev–Trinajstić information content (AvgIpc) is 3.03. The van der Waals surface area contributed by atoms with E-state index in [4.69, 9.17) is 9.47 Å². The Balaban J connectivity index is 1.50. The fourth-order valence-electron chi connectivity index (χ4n) is 3.63. The van der Waals surface area contributed by atoms with E-state index >= 15 is 0 Å². The van der Waals surface area contributed by atoms with Crippen LogP contribution in [-0.2, 0) is 18.3 Å². The van der Waals surface area contributed by atoms with E-state index < -0.39 is 0 Å². The molecule has 0 spiro atoms. The van der Waals surface area contributed by atoms with Crippen molar-refractivity contribution in [3.63, 3.8) is 0 Å². The minimum Gasteiger partial charge on any atom is -0.486 e. The molecule has 2 aromatic rings. The number of amides is 1.